The van der Waals surface area contributed by atoms with E-state index in [0.29, 0.717) is 18.1 Å². The summed E-state index contributed by atoms with van der Waals surface area (Å²) in [5.74, 6) is 2.68. The van der Waals surface area contributed by atoms with Crippen molar-refractivity contribution in [1.29, 1.82) is 0 Å². The van der Waals surface area contributed by atoms with Crippen LogP contribution < -0.4 is 10.6 Å². The predicted octanol–water partition coefficient (Wildman–Crippen LogP) is 4.98. The van der Waals surface area contributed by atoms with Crippen LogP contribution in [-0.2, 0) is 25.2 Å². The third-order valence-corrected chi connectivity index (χ3v) is 6.83. The van der Waals surface area contributed by atoms with E-state index in [0.717, 1.165) is 59.0 Å². The zero-order chi connectivity index (χ0) is 21.6. The number of hydrogen-bond donors (Lipinski definition) is 2. The number of fused-ring (bicyclic) bond motifs is 4. The van der Waals surface area contributed by atoms with Crippen LogP contribution >= 0.6 is 11.6 Å². The molecule has 8 heteroatoms. The lowest BCUT2D eigenvalue weighted by Crippen LogP contribution is -2.48. The lowest BCUT2D eigenvalue weighted by molar-refractivity contribution is 0.248. The molecule has 1 aromatic carbocycles. The Morgan fingerprint density at radius 1 is 1.26 bits per heavy atom. The van der Waals surface area contributed by atoms with E-state index in [-0.39, 0.29) is 5.54 Å². The maximum absolute atomic E-state index is 6.73. The molecule has 3 aromatic rings. The number of rotatable bonds is 5. The molecule has 31 heavy (non-hydrogen) atoms. The van der Waals surface area contributed by atoms with Crippen molar-refractivity contribution in [2.24, 2.45) is 0 Å². The zero-order valence-corrected chi connectivity index (χ0v) is 18.9. The van der Waals surface area contributed by atoms with Gasteiger partial charge in [0.25, 0.3) is 0 Å². The van der Waals surface area contributed by atoms with Crippen LogP contribution in [0.25, 0.3) is 11.0 Å². The highest BCUT2D eigenvalue weighted by molar-refractivity contribution is 6.34. The number of furan rings is 1. The van der Waals surface area contributed by atoms with Crippen molar-refractivity contribution >= 4 is 28.3 Å². The first-order chi connectivity index (χ1) is 15.0. The molecule has 5 rings (SSSR count). The van der Waals surface area contributed by atoms with Gasteiger partial charge >= 0.3 is 0 Å². The summed E-state index contributed by atoms with van der Waals surface area (Å²) in [5.41, 5.74) is 2.85. The Morgan fingerprint density at radius 2 is 2.06 bits per heavy atom. The lowest BCUT2D eigenvalue weighted by Gasteiger charge is -2.44. The maximum atomic E-state index is 6.73. The molecule has 2 aliphatic rings. The summed E-state index contributed by atoms with van der Waals surface area (Å²) >= 11 is 6.73. The Balaban J connectivity index is 1.50. The zero-order valence-electron chi connectivity index (χ0n) is 18.2. The second kappa shape index (κ2) is 7.88. The van der Waals surface area contributed by atoms with Gasteiger partial charge in [0, 0.05) is 17.5 Å². The van der Waals surface area contributed by atoms with Gasteiger partial charge in [0.15, 0.2) is 0 Å². The first-order valence-corrected chi connectivity index (χ1v) is 11.4. The molecule has 1 aliphatic carbocycles. The van der Waals surface area contributed by atoms with Gasteiger partial charge in [-0.2, -0.15) is 0 Å². The number of anilines is 1. The molecule has 2 aromatic heterocycles. The second-order valence-electron chi connectivity index (χ2n) is 8.82. The number of aryl methyl sites for hydroxylation is 1. The molecule has 1 saturated carbocycles. The van der Waals surface area contributed by atoms with E-state index >= 15 is 0 Å². The van der Waals surface area contributed by atoms with Crippen LogP contribution in [-0.4, -0.2) is 26.7 Å². The van der Waals surface area contributed by atoms with Crippen molar-refractivity contribution in [2.45, 2.75) is 64.2 Å². The summed E-state index contributed by atoms with van der Waals surface area (Å²) in [6, 6.07) is 4.11. The first kappa shape index (κ1) is 20.4. The normalized spacial score (nSPS) is 17.7. The summed E-state index contributed by atoms with van der Waals surface area (Å²) in [6.07, 6.45) is 7.51. The molecule has 1 aliphatic heterocycles. The largest absolute Gasteiger partial charge is 0.459 e. The van der Waals surface area contributed by atoms with Gasteiger partial charge in [-0.25, -0.2) is 0 Å². The second-order valence-corrected chi connectivity index (χ2v) is 9.22. The van der Waals surface area contributed by atoms with Crippen molar-refractivity contribution in [3.63, 3.8) is 0 Å². The number of nitrogens with one attached hydrogen (secondary N) is 2. The van der Waals surface area contributed by atoms with E-state index in [1.54, 1.807) is 6.33 Å². The van der Waals surface area contributed by atoms with Crippen molar-refractivity contribution in [3.05, 3.63) is 53.0 Å². The number of nitrogens with zero attached hydrogens (tertiary/aromatic N) is 4. The van der Waals surface area contributed by atoms with E-state index in [1.807, 2.05) is 6.07 Å². The lowest BCUT2D eigenvalue weighted by atomic mass is 9.74. The van der Waals surface area contributed by atoms with Crippen LogP contribution in [0, 0.1) is 0 Å². The van der Waals surface area contributed by atoms with Crippen molar-refractivity contribution < 1.29 is 4.42 Å². The summed E-state index contributed by atoms with van der Waals surface area (Å²) in [4.78, 5) is 2.19. The van der Waals surface area contributed by atoms with E-state index in [2.05, 4.69) is 56.9 Å². The minimum absolute atomic E-state index is 0.169. The Bertz CT molecular complexity index is 1130. The van der Waals surface area contributed by atoms with E-state index in [4.69, 9.17) is 16.0 Å². The maximum Gasteiger partial charge on any atom is 0.147 e. The Kier molecular flexibility index (Phi) is 5.18. The van der Waals surface area contributed by atoms with Gasteiger partial charge in [-0.15, -0.1) is 10.2 Å². The molecule has 0 amide bonds. The van der Waals surface area contributed by atoms with Crippen LogP contribution in [0.5, 0.6) is 0 Å². The van der Waals surface area contributed by atoms with E-state index < -0.39 is 0 Å². The van der Waals surface area contributed by atoms with Crippen molar-refractivity contribution in [1.82, 2.24) is 25.0 Å². The molecule has 0 atom stereocenters. The van der Waals surface area contributed by atoms with Gasteiger partial charge < -0.3 is 19.6 Å². The molecule has 7 nitrogen and oxygen atoms in total. The predicted molar refractivity (Wildman–Crippen MR) is 123 cm³/mol. The summed E-state index contributed by atoms with van der Waals surface area (Å²) in [5, 5.41) is 17.0. The fourth-order valence-electron chi connectivity index (χ4n) is 5.15. The molecule has 2 N–H and O–H groups in total. The Morgan fingerprint density at radius 3 is 2.84 bits per heavy atom. The van der Waals surface area contributed by atoms with Crippen LogP contribution in [0.15, 0.2) is 35.3 Å². The first-order valence-electron chi connectivity index (χ1n) is 11.0. The third kappa shape index (κ3) is 3.59. The van der Waals surface area contributed by atoms with Gasteiger partial charge in [0.05, 0.1) is 35.2 Å². The summed E-state index contributed by atoms with van der Waals surface area (Å²) < 4.78 is 8.54. The van der Waals surface area contributed by atoms with Crippen LogP contribution in [0.4, 0.5) is 5.69 Å². The molecule has 0 saturated heterocycles. The monoisotopic (exact) mass is 440 g/mol. The molecule has 1 spiro atoms. The molecule has 0 radical (unpaired) electrons. The standard InChI is InChI=1S/C23H29ClN6O/c1-4-30-14-25-28-19(30)13-29(3)12-17-10-16-11-18(24)21-20(22(16)31-17)23(27-15(2)26-21)8-6-5-7-9-23/h10-11,14,26-27H,2,4-9,12-13H2,1,3H3. The molecule has 0 unspecified atom stereocenters. The minimum atomic E-state index is -0.169. The van der Waals surface area contributed by atoms with E-state index in [9.17, 15) is 0 Å². The average molecular weight is 441 g/mol. The van der Waals surface area contributed by atoms with Crippen molar-refractivity contribution in [2.75, 3.05) is 12.4 Å². The van der Waals surface area contributed by atoms with Crippen molar-refractivity contribution in [3.8, 4) is 0 Å². The highest BCUT2D eigenvalue weighted by atomic mass is 35.5. The average Bonchev–Trinajstić information content (AvgIpc) is 3.34. The highest BCUT2D eigenvalue weighted by Crippen LogP contribution is 2.49. The fourth-order valence-corrected chi connectivity index (χ4v) is 5.41. The summed E-state index contributed by atoms with van der Waals surface area (Å²) in [7, 11) is 2.07. The van der Waals surface area contributed by atoms with Gasteiger partial charge in [-0.05, 0) is 38.9 Å². The molecule has 0 bridgehead atoms. The van der Waals surface area contributed by atoms with Crippen LogP contribution in [0.2, 0.25) is 5.02 Å². The Labute approximate surface area is 187 Å². The number of aromatic nitrogens is 3. The smallest absolute Gasteiger partial charge is 0.147 e. The fraction of sp³-hybridized carbons (Fsp3) is 0.478. The van der Waals surface area contributed by atoms with Crippen LogP contribution in [0.1, 0.15) is 56.2 Å². The van der Waals surface area contributed by atoms with Gasteiger partial charge in [-0.1, -0.05) is 37.4 Å². The molecular weight excluding hydrogens is 412 g/mol. The quantitative estimate of drug-likeness (QED) is 0.583. The molecular formula is C23H29ClN6O. The van der Waals surface area contributed by atoms with Gasteiger partial charge in [0.2, 0.25) is 0 Å². The van der Waals surface area contributed by atoms with Gasteiger partial charge in [0.1, 0.15) is 23.5 Å². The van der Waals surface area contributed by atoms with E-state index in [1.165, 1.54) is 19.3 Å². The molecule has 1 fully saturated rings. The van der Waals surface area contributed by atoms with Gasteiger partial charge in [-0.3, -0.25) is 4.90 Å². The third-order valence-electron chi connectivity index (χ3n) is 6.54. The molecule has 164 valence electrons. The Hall–Kier alpha value is -2.51. The highest BCUT2D eigenvalue weighted by Gasteiger charge is 2.42. The number of hydrogen-bond acceptors (Lipinski definition) is 6. The topological polar surface area (TPSA) is 71.1 Å². The SMILES string of the molecule is C=C1Nc2c(Cl)cc3cc(CN(C)Cc4nncn4CC)oc3c2C2(CCCCC2)N1. The molecule has 3 heterocycles. The number of halogens is 1. The summed E-state index contributed by atoms with van der Waals surface area (Å²) in [6.45, 7) is 8.48. The number of benzene rings is 1. The minimum Gasteiger partial charge on any atom is -0.459 e. The van der Waals surface area contributed by atoms with Crippen LogP contribution in [0.3, 0.4) is 0 Å².